The average molecular weight is 342 g/mol. The molecule has 1 heterocycles. The van der Waals surface area contributed by atoms with Crippen molar-refractivity contribution in [2.75, 3.05) is 26.3 Å². The molecule has 0 saturated carbocycles. The van der Waals surface area contributed by atoms with Crippen molar-refractivity contribution in [2.45, 2.75) is 33.6 Å². The minimum atomic E-state index is 0.294. The van der Waals surface area contributed by atoms with Crippen LogP contribution in [0.4, 0.5) is 0 Å². The molecule has 20 heavy (non-hydrogen) atoms. The van der Waals surface area contributed by atoms with E-state index in [-0.39, 0.29) is 0 Å². The van der Waals surface area contributed by atoms with Crippen molar-refractivity contribution in [3.8, 4) is 11.5 Å². The first-order valence-corrected chi connectivity index (χ1v) is 8.10. The Morgan fingerprint density at radius 1 is 1.20 bits per heavy atom. The lowest BCUT2D eigenvalue weighted by atomic mass is 9.86. The van der Waals surface area contributed by atoms with Crippen molar-refractivity contribution in [3.05, 3.63) is 22.2 Å². The normalized spacial score (nSPS) is 14.4. The first kappa shape index (κ1) is 15.6. The van der Waals surface area contributed by atoms with Crippen molar-refractivity contribution < 1.29 is 9.47 Å². The van der Waals surface area contributed by atoms with E-state index in [1.807, 2.05) is 6.07 Å². The first-order chi connectivity index (χ1) is 9.52. The summed E-state index contributed by atoms with van der Waals surface area (Å²) >= 11 is 3.64. The van der Waals surface area contributed by atoms with E-state index in [4.69, 9.17) is 9.47 Å². The summed E-state index contributed by atoms with van der Waals surface area (Å²) < 4.78 is 12.4. The number of ether oxygens (including phenoxy) is 2. The van der Waals surface area contributed by atoms with Gasteiger partial charge in [0.05, 0.1) is 0 Å². The van der Waals surface area contributed by atoms with Gasteiger partial charge in [0.1, 0.15) is 13.2 Å². The van der Waals surface area contributed by atoms with Gasteiger partial charge < -0.3 is 14.8 Å². The molecule has 1 N–H and O–H groups in total. The van der Waals surface area contributed by atoms with Gasteiger partial charge >= 0.3 is 0 Å². The van der Waals surface area contributed by atoms with E-state index in [1.165, 1.54) is 5.56 Å². The molecule has 1 aliphatic rings. The van der Waals surface area contributed by atoms with Crippen LogP contribution >= 0.6 is 15.9 Å². The molecular weight excluding hydrogens is 318 g/mol. The summed E-state index contributed by atoms with van der Waals surface area (Å²) in [5.74, 6) is 1.72. The van der Waals surface area contributed by atoms with E-state index >= 15 is 0 Å². The SMILES string of the molecule is CCNCC(C)(C)CCc1cc2c(cc1Br)OCCO2. The predicted octanol–water partition coefficient (Wildman–Crippen LogP) is 3.79. The Hall–Kier alpha value is -0.740. The summed E-state index contributed by atoms with van der Waals surface area (Å²) in [5, 5.41) is 3.43. The lowest BCUT2D eigenvalue weighted by molar-refractivity contribution is 0.171. The Morgan fingerprint density at radius 3 is 2.50 bits per heavy atom. The van der Waals surface area contributed by atoms with E-state index in [1.54, 1.807) is 0 Å². The molecule has 112 valence electrons. The van der Waals surface area contributed by atoms with E-state index < -0.39 is 0 Å². The number of hydrogen-bond donors (Lipinski definition) is 1. The van der Waals surface area contributed by atoms with Gasteiger partial charge in [0.15, 0.2) is 11.5 Å². The lowest BCUT2D eigenvalue weighted by Gasteiger charge is -2.26. The second-order valence-electron chi connectivity index (χ2n) is 6.03. The van der Waals surface area contributed by atoms with Gasteiger partial charge in [-0.05, 0) is 42.5 Å². The van der Waals surface area contributed by atoms with Crippen LogP contribution in [0, 0.1) is 5.41 Å². The van der Waals surface area contributed by atoms with Crippen molar-refractivity contribution >= 4 is 15.9 Å². The molecule has 0 fully saturated rings. The Balaban J connectivity index is 2.02. The first-order valence-electron chi connectivity index (χ1n) is 7.30. The van der Waals surface area contributed by atoms with Crippen LogP contribution in [0.2, 0.25) is 0 Å². The van der Waals surface area contributed by atoms with Crippen LogP contribution in [0.5, 0.6) is 11.5 Å². The number of aryl methyl sites for hydroxylation is 1. The highest BCUT2D eigenvalue weighted by atomic mass is 79.9. The van der Waals surface area contributed by atoms with Crippen LogP contribution in [-0.2, 0) is 6.42 Å². The Bertz CT molecular complexity index is 460. The van der Waals surface area contributed by atoms with Gasteiger partial charge in [-0.25, -0.2) is 0 Å². The fraction of sp³-hybridized carbons (Fsp3) is 0.625. The fourth-order valence-corrected chi connectivity index (χ4v) is 2.84. The molecule has 0 saturated heterocycles. The summed E-state index contributed by atoms with van der Waals surface area (Å²) in [5.41, 5.74) is 1.58. The van der Waals surface area contributed by atoms with Crippen molar-refractivity contribution in [3.63, 3.8) is 0 Å². The molecule has 0 amide bonds. The number of hydrogen-bond acceptors (Lipinski definition) is 3. The van der Waals surface area contributed by atoms with Crippen molar-refractivity contribution in [1.82, 2.24) is 5.32 Å². The molecule has 2 rings (SSSR count). The molecule has 3 nitrogen and oxygen atoms in total. The lowest BCUT2D eigenvalue weighted by Crippen LogP contribution is -2.29. The van der Waals surface area contributed by atoms with Crippen LogP contribution < -0.4 is 14.8 Å². The minimum absolute atomic E-state index is 0.294. The quantitative estimate of drug-likeness (QED) is 0.853. The smallest absolute Gasteiger partial charge is 0.162 e. The maximum atomic E-state index is 5.66. The molecular formula is C16H24BrNO2. The predicted molar refractivity (Wildman–Crippen MR) is 85.8 cm³/mol. The third-order valence-corrected chi connectivity index (χ3v) is 4.37. The monoisotopic (exact) mass is 341 g/mol. The van der Waals surface area contributed by atoms with Gasteiger partial charge in [-0.15, -0.1) is 0 Å². The van der Waals surface area contributed by atoms with Crippen molar-refractivity contribution in [1.29, 1.82) is 0 Å². The molecule has 1 aliphatic heterocycles. The Labute approximate surface area is 130 Å². The maximum Gasteiger partial charge on any atom is 0.162 e. The molecule has 0 spiro atoms. The van der Waals surface area contributed by atoms with Gasteiger partial charge in [-0.2, -0.15) is 0 Å². The highest BCUT2D eigenvalue weighted by Gasteiger charge is 2.19. The van der Waals surface area contributed by atoms with E-state index in [2.05, 4.69) is 48.1 Å². The molecule has 0 bridgehead atoms. The second-order valence-corrected chi connectivity index (χ2v) is 6.89. The molecule has 4 heteroatoms. The van der Waals surface area contributed by atoms with E-state index in [0.717, 1.165) is 41.9 Å². The zero-order valence-corrected chi connectivity index (χ0v) is 14.2. The van der Waals surface area contributed by atoms with Gasteiger partial charge in [0, 0.05) is 11.0 Å². The third kappa shape index (κ3) is 4.13. The number of rotatable bonds is 6. The van der Waals surface area contributed by atoms with Crippen molar-refractivity contribution in [2.24, 2.45) is 5.41 Å². The Kier molecular flexibility index (Phi) is 5.33. The van der Waals surface area contributed by atoms with E-state index in [0.29, 0.717) is 18.6 Å². The molecule has 1 aromatic carbocycles. The zero-order valence-electron chi connectivity index (χ0n) is 12.6. The van der Waals surface area contributed by atoms with Crippen LogP contribution in [0.25, 0.3) is 0 Å². The molecule has 0 unspecified atom stereocenters. The highest BCUT2D eigenvalue weighted by molar-refractivity contribution is 9.10. The van der Waals surface area contributed by atoms with Crippen LogP contribution in [0.3, 0.4) is 0 Å². The van der Waals surface area contributed by atoms with Gasteiger partial charge in [0.25, 0.3) is 0 Å². The van der Waals surface area contributed by atoms with Crippen LogP contribution in [-0.4, -0.2) is 26.3 Å². The second kappa shape index (κ2) is 6.81. The summed E-state index contributed by atoms with van der Waals surface area (Å²) in [6.45, 7) is 10.1. The maximum absolute atomic E-state index is 5.66. The largest absolute Gasteiger partial charge is 0.486 e. The third-order valence-electron chi connectivity index (χ3n) is 3.64. The average Bonchev–Trinajstić information content (AvgIpc) is 2.43. The highest BCUT2D eigenvalue weighted by Crippen LogP contribution is 2.36. The number of halogens is 1. The number of fused-ring (bicyclic) bond motifs is 1. The van der Waals surface area contributed by atoms with Gasteiger partial charge in [0.2, 0.25) is 0 Å². The van der Waals surface area contributed by atoms with Gasteiger partial charge in [-0.3, -0.25) is 0 Å². The Morgan fingerprint density at radius 2 is 1.85 bits per heavy atom. The zero-order chi connectivity index (χ0) is 14.6. The number of benzene rings is 1. The minimum Gasteiger partial charge on any atom is -0.486 e. The molecule has 0 atom stereocenters. The summed E-state index contributed by atoms with van der Waals surface area (Å²) in [4.78, 5) is 0. The molecule has 0 aliphatic carbocycles. The molecule has 0 aromatic heterocycles. The topological polar surface area (TPSA) is 30.5 Å². The van der Waals surface area contributed by atoms with Gasteiger partial charge in [-0.1, -0.05) is 36.7 Å². The fourth-order valence-electron chi connectivity index (χ4n) is 2.32. The summed E-state index contributed by atoms with van der Waals surface area (Å²) in [6, 6.07) is 4.14. The van der Waals surface area contributed by atoms with E-state index in [9.17, 15) is 0 Å². The number of nitrogens with one attached hydrogen (secondary N) is 1. The van der Waals surface area contributed by atoms with Crippen LogP contribution in [0.15, 0.2) is 16.6 Å². The molecule has 1 aromatic rings. The summed E-state index contributed by atoms with van der Waals surface area (Å²) in [6.07, 6.45) is 2.17. The van der Waals surface area contributed by atoms with Crippen LogP contribution in [0.1, 0.15) is 32.8 Å². The standard InChI is InChI=1S/C16H24BrNO2/c1-4-18-11-16(2,3)6-5-12-9-14-15(10-13(12)17)20-8-7-19-14/h9-10,18H,4-8,11H2,1-3H3. The molecule has 0 radical (unpaired) electrons. The summed E-state index contributed by atoms with van der Waals surface area (Å²) in [7, 11) is 0.